The second-order valence-electron chi connectivity index (χ2n) is 6.45. The van der Waals surface area contributed by atoms with Gasteiger partial charge in [-0.25, -0.2) is 0 Å². The molecule has 0 bridgehead atoms. The summed E-state index contributed by atoms with van der Waals surface area (Å²) in [5, 5.41) is 13.3. The van der Waals surface area contributed by atoms with Crippen LogP contribution in [0.2, 0.25) is 0 Å². The Morgan fingerprint density at radius 1 is 0.889 bits per heavy atom. The molecule has 3 aromatic carbocycles. The van der Waals surface area contributed by atoms with Crippen LogP contribution >= 0.6 is 0 Å². The fraction of sp³-hybridized carbons (Fsp3) is 0.0870. The van der Waals surface area contributed by atoms with Crippen LogP contribution in [0, 0.1) is 0 Å². The molecule has 1 heterocycles. The molecule has 0 radical (unpaired) electrons. The maximum absolute atomic E-state index is 12.7. The van der Waals surface area contributed by atoms with Gasteiger partial charge < -0.3 is 15.0 Å². The monoisotopic (exact) mass is 356 g/mol. The largest absolute Gasteiger partial charge is 0.392 e. The molecule has 0 unspecified atom stereocenters. The topological polar surface area (TPSA) is 54.3 Å². The van der Waals surface area contributed by atoms with Gasteiger partial charge in [-0.1, -0.05) is 60.7 Å². The Balaban J connectivity index is 1.67. The van der Waals surface area contributed by atoms with Gasteiger partial charge in [0, 0.05) is 22.3 Å². The van der Waals surface area contributed by atoms with Crippen molar-refractivity contribution in [1.82, 2.24) is 4.57 Å². The first kappa shape index (κ1) is 17.1. The minimum Gasteiger partial charge on any atom is -0.392 e. The molecule has 4 rings (SSSR count). The van der Waals surface area contributed by atoms with Gasteiger partial charge in [-0.3, -0.25) is 4.79 Å². The summed E-state index contributed by atoms with van der Waals surface area (Å²) >= 11 is 0. The molecule has 134 valence electrons. The van der Waals surface area contributed by atoms with Crippen molar-refractivity contribution in [2.24, 2.45) is 0 Å². The van der Waals surface area contributed by atoms with Gasteiger partial charge in [0.15, 0.2) is 0 Å². The molecule has 27 heavy (non-hydrogen) atoms. The summed E-state index contributed by atoms with van der Waals surface area (Å²) in [5.74, 6) is -0.108. The SMILES string of the molecule is O=C(Cn1c(-c2ccccc2)cc2ccccc21)Nc1cccc(CO)c1. The predicted molar refractivity (Wildman–Crippen MR) is 108 cm³/mol. The third-order valence-corrected chi connectivity index (χ3v) is 4.58. The normalized spacial score (nSPS) is 10.9. The number of aromatic nitrogens is 1. The highest BCUT2D eigenvalue weighted by Gasteiger charge is 2.13. The van der Waals surface area contributed by atoms with E-state index in [-0.39, 0.29) is 19.1 Å². The van der Waals surface area contributed by atoms with Gasteiger partial charge in [0.05, 0.1) is 6.61 Å². The molecule has 1 aromatic heterocycles. The van der Waals surface area contributed by atoms with Crippen LogP contribution in [0.1, 0.15) is 5.56 Å². The zero-order valence-corrected chi connectivity index (χ0v) is 14.8. The molecular formula is C23H20N2O2. The number of amides is 1. The molecule has 0 saturated heterocycles. The first-order chi connectivity index (χ1) is 13.2. The third kappa shape index (κ3) is 3.61. The zero-order valence-electron chi connectivity index (χ0n) is 14.8. The molecule has 0 aliphatic heterocycles. The molecule has 1 amide bonds. The number of hydrogen-bond acceptors (Lipinski definition) is 2. The van der Waals surface area contributed by atoms with E-state index >= 15 is 0 Å². The van der Waals surface area contributed by atoms with Crippen LogP contribution in [0.5, 0.6) is 0 Å². The van der Waals surface area contributed by atoms with Crippen LogP contribution in [-0.4, -0.2) is 15.6 Å². The summed E-state index contributed by atoms with van der Waals surface area (Å²) in [6.45, 7) is 0.158. The van der Waals surface area contributed by atoms with Gasteiger partial charge in [0.25, 0.3) is 0 Å². The van der Waals surface area contributed by atoms with Crippen LogP contribution in [0.3, 0.4) is 0 Å². The summed E-state index contributed by atoms with van der Waals surface area (Å²) in [6.07, 6.45) is 0. The Hall–Kier alpha value is -3.37. The van der Waals surface area contributed by atoms with E-state index in [2.05, 4.69) is 17.4 Å². The lowest BCUT2D eigenvalue weighted by Crippen LogP contribution is -2.19. The zero-order chi connectivity index (χ0) is 18.6. The van der Waals surface area contributed by atoms with Crippen LogP contribution in [0.25, 0.3) is 22.2 Å². The maximum atomic E-state index is 12.7. The van der Waals surface area contributed by atoms with E-state index in [4.69, 9.17) is 0 Å². The average molecular weight is 356 g/mol. The van der Waals surface area contributed by atoms with Crippen molar-refractivity contribution < 1.29 is 9.90 Å². The van der Waals surface area contributed by atoms with E-state index in [1.807, 2.05) is 71.3 Å². The van der Waals surface area contributed by atoms with E-state index in [1.54, 1.807) is 6.07 Å². The number of nitrogens with zero attached hydrogens (tertiary/aromatic N) is 1. The van der Waals surface area contributed by atoms with Crippen molar-refractivity contribution in [3.8, 4) is 11.3 Å². The van der Waals surface area contributed by atoms with Gasteiger partial charge in [0.2, 0.25) is 5.91 Å². The Morgan fingerprint density at radius 2 is 1.67 bits per heavy atom. The molecule has 0 spiro atoms. The molecule has 0 aliphatic rings. The van der Waals surface area contributed by atoms with Crippen molar-refractivity contribution in [1.29, 1.82) is 0 Å². The van der Waals surface area contributed by atoms with Gasteiger partial charge in [-0.2, -0.15) is 0 Å². The molecule has 0 saturated carbocycles. The molecule has 4 nitrogen and oxygen atoms in total. The van der Waals surface area contributed by atoms with Crippen molar-refractivity contribution >= 4 is 22.5 Å². The minimum atomic E-state index is -0.108. The molecule has 0 fully saturated rings. The van der Waals surface area contributed by atoms with E-state index < -0.39 is 0 Å². The standard InChI is InChI=1S/C23H20N2O2/c26-16-17-7-6-11-20(13-17)24-23(27)15-25-21-12-5-4-10-19(21)14-22(25)18-8-2-1-3-9-18/h1-14,26H,15-16H2,(H,24,27). The maximum Gasteiger partial charge on any atom is 0.244 e. The summed E-state index contributed by atoms with van der Waals surface area (Å²) in [5.41, 5.74) is 4.56. The van der Waals surface area contributed by atoms with Crippen LogP contribution in [0.15, 0.2) is 84.9 Å². The van der Waals surface area contributed by atoms with Crippen molar-refractivity contribution in [2.45, 2.75) is 13.2 Å². The smallest absolute Gasteiger partial charge is 0.244 e. The first-order valence-electron chi connectivity index (χ1n) is 8.88. The highest BCUT2D eigenvalue weighted by atomic mass is 16.3. The molecule has 2 N–H and O–H groups in total. The second-order valence-corrected chi connectivity index (χ2v) is 6.45. The molecular weight excluding hydrogens is 336 g/mol. The summed E-state index contributed by atoms with van der Waals surface area (Å²) in [6, 6.07) is 27.5. The second kappa shape index (κ2) is 7.48. The third-order valence-electron chi connectivity index (χ3n) is 4.58. The number of carbonyl (C=O) groups is 1. The Labute approximate surface area is 157 Å². The van der Waals surface area contributed by atoms with Gasteiger partial charge >= 0.3 is 0 Å². The quantitative estimate of drug-likeness (QED) is 0.555. The van der Waals surface area contributed by atoms with E-state index in [9.17, 15) is 9.90 Å². The summed E-state index contributed by atoms with van der Waals surface area (Å²) in [7, 11) is 0. The number of rotatable bonds is 5. The Bertz CT molecular complexity index is 1080. The summed E-state index contributed by atoms with van der Waals surface area (Å²) in [4.78, 5) is 12.7. The van der Waals surface area contributed by atoms with Gasteiger partial charge in [-0.05, 0) is 35.4 Å². The van der Waals surface area contributed by atoms with Gasteiger partial charge in [0.1, 0.15) is 6.54 Å². The van der Waals surface area contributed by atoms with E-state index in [1.165, 1.54) is 0 Å². The fourth-order valence-corrected chi connectivity index (χ4v) is 3.32. The molecule has 4 aromatic rings. The predicted octanol–water partition coefficient (Wildman–Crippen LogP) is 4.44. The number of aliphatic hydroxyl groups is 1. The number of aliphatic hydroxyl groups excluding tert-OH is 1. The first-order valence-corrected chi connectivity index (χ1v) is 8.88. The number of benzene rings is 3. The Kier molecular flexibility index (Phi) is 4.73. The van der Waals surface area contributed by atoms with E-state index in [0.717, 1.165) is 27.7 Å². The van der Waals surface area contributed by atoms with Crippen molar-refractivity contribution in [3.05, 3.63) is 90.5 Å². The van der Waals surface area contributed by atoms with Crippen LogP contribution in [-0.2, 0) is 17.9 Å². The Morgan fingerprint density at radius 3 is 2.48 bits per heavy atom. The lowest BCUT2D eigenvalue weighted by atomic mass is 10.1. The van der Waals surface area contributed by atoms with Gasteiger partial charge in [-0.15, -0.1) is 0 Å². The fourth-order valence-electron chi connectivity index (χ4n) is 3.32. The van der Waals surface area contributed by atoms with E-state index in [0.29, 0.717) is 5.69 Å². The lowest BCUT2D eigenvalue weighted by molar-refractivity contribution is -0.116. The van der Waals surface area contributed by atoms with Crippen LogP contribution in [0.4, 0.5) is 5.69 Å². The number of fused-ring (bicyclic) bond motifs is 1. The molecule has 4 heteroatoms. The van der Waals surface area contributed by atoms with Crippen molar-refractivity contribution in [3.63, 3.8) is 0 Å². The average Bonchev–Trinajstić information content (AvgIpc) is 3.07. The van der Waals surface area contributed by atoms with Crippen molar-refractivity contribution in [2.75, 3.05) is 5.32 Å². The van der Waals surface area contributed by atoms with Crippen LogP contribution < -0.4 is 5.32 Å². The highest BCUT2D eigenvalue weighted by Crippen LogP contribution is 2.28. The lowest BCUT2D eigenvalue weighted by Gasteiger charge is -2.12. The number of carbonyl (C=O) groups excluding carboxylic acids is 1. The number of nitrogens with one attached hydrogen (secondary N) is 1. The highest BCUT2D eigenvalue weighted by molar-refractivity contribution is 5.94. The summed E-state index contributed by atoms with van der Waals surface area (Å²) < 4.78 is 2.04. The molecule has 0 aliphatic carbocycles. The number of hydrogen-bond donors (Lipinski definition) is 2. The molecule has 0 atom stereocenters. The number of para-hydroxylation sites is 1. The minimum absolute atomic E-state index is 0.0515. The number of anilines is 1.